The number of benzene rings is 1. The van der Waals surface area contributed by atoms with Crippen molar-refractivity contribution in [2.24, 2.45) is 0 Å². The highest BCUT2D eigenvalue weighted by atomic mass is 79.9. The van der Waals surface area contributed by atoms with Gasteiger partial charge >= 0.3 is 6.18 Å². The van der Waals surface area contributed by atoms with Gasteiger partial charge in [0.05, 0.1) is 5.56 Å². The first-order valence-electron chi connectivity index (χ1n) is 4.57. The maximum atomic E-state index is 12.7. The predicted octanol–water partition coefficient (Wildman–Crippen LogP) is 3.11. The molecule has 5 heteroatoms. The Morgan fingerprint density at radius 3 is 2.67 bits per heavy atom. The lowest BCUT2D eigenvalue weighted by molar-refractivity contribution is -0.138. The molecular formula is C10H9BrF3N. The number of rotatable bonds is 0. The minimum atomic E-state index is -4.26. The van der Waals surface area contributed by atoms with Gasteiger partial charge in [-0.25, -0.2) is 0 Å². The minimum absolute atomic E-state index is 0.435. The Hall–Kier alpha value is -0.550. The number of fused-ring (bicyclic) bond motifs is 1. The van der Waals surface area contributed by atoms with E-state index in [0.29, 0.717) is 29.5 Å². The zero-order valence-corrected chi connectivity index (χ0v) is 9.37. The van der Waals surface area contributed by atoms with Gasteiger partial charge in [-0.1, -0.05) is 15.9 Å². The first kappa shape index (κ1) is 11.0. The number of alkyl halides is 3. The Balaban J connectivity index is 2.58. The molecule has 0 atom stereocenters. The molecule has 15 heavy (non-hydrogen) atoms. The molecule has 0 spiro atoms. The second-order valence-corrected chi connectivity index (χ2v) is 4.43. The van der Waals surface area contributed by atoms with Crippen LogP contribution in [0.3, 0.4) is 0 Å². The molecule has 1 aliphatic rings. The largest absolute Gasteiger partial charge is 0.416 e. The van der Waals surface area contributed by atoms with E-state index in [0.717, 1.165) is 11.6 Å². The van der Waals surface area contributed by atoms with Crippen LogP contribution in [0.15, 0.2) is 16.6 Å². The summed E-state index contributed by atoms with van der Waals surface area (Å²) >= 11 is 3.11. The second-order valence-electron chi connectivity index (χ2n) is 3.52. The zero-order valence-electron chi connectivity index (χ0n) is 7.79. The van der Waals surface area contributed by atoms with Gasteiger partial charge in [-0.05, 0) is 36.2 Å². The van der Waals surface area contributed by atoms with Crippen molar-refractivity contribution >= 4 is 15.9 Å². The Morgan fingerprint density at radius 1 is 1.27 bits per heavy atom. The van der Waals surface area contributed by atoms with Crippen LogP contribution in [0.1, 0.15) is 16.7 Å². The summed E-state index contributed by atoms with van der Waals surface area (Å²) in [5.41, 5.74) is 0.667. The van der Waals surface area contributed by atoms with E-state index in [1.54, 1.807) is 6.07 Å². The van der Waals surface area contributed by atoms with Crippen LogP contribution in [0.25, 0.3) is 0 Å². The molecule has 0 saturated carbocycles. The summed E-state index contributed by atoms with van der Waals surface area (Å²) < 4.78 is 38.6. The highest BCUT2D eigenvalue weighted by molar-refractivity contribution is 9.10. The van der Waals surface area contributed by atoms with Crippen molar-refractivity contribution in [2.75, 3.05) is 6.54 Å². The van der Waals surface area contributed by atoms with Crippen LogP contribution in [-0.2, 0) is 19.1 Å². The number of nitrogens with one attached hydrogen (secondary N) is 1. The zero-order chi connectivity index (χ0) is 11.1. The van der Waals surface area contributed by atoms with Crippen molar-refractivity contribution in [1.82, 2.24) is 5.32 Å². The van der Waals surface area contributed by atoms with E-state index in [2.05, 4.69) is 21.2 Å². The van der Waals surface area contributed by atoms with Crippen LogP contribution in [0.5, 0.6) is 0 Å². The van der Waals surface area contributed by atoms with E-state index in [-0.39, 0.29) is 0 Å². The summed E-state index contributed by atoms with van der Waals surface area (Å²) in [5, 5.41) is 3.06. The van der Waals surface area contributed by atoms with Gasteiger partial charge in [-0.15, -0.1) is 0 Å². The first-order valence-corrected chi connectivity index (χ1v) is 5.37. The topological polar surface area (TPSA) is 12.0 Å². The Labute approximate surface area is 93.8 Å². The smallest absolute Gasteiger partial charge is 0.312 e. The molecule has 0 radical (unpaired) electrons. The van der Waals surface area contributed by atoms with Gasteiger partial charge in [-0.3, -0.25) is 0 Å². The third-order valence-corrected chi connectivity index (χ3v) is 2.94. The van der Waals surface area contributed by atoms with E-state index in [1.807, 2.05) is 0 Å². The molecule has 0 amide bonds. The fourth-order valence-electron chi connectivity index (χ4n) is 1.84. The summed E-state index contributed by atoms with van der Waals surface area (Å²) in [6.07, 6.45) is -3.82. The lowest BCUT2D eigenvalue weighted by atomic mass is 9.95. The standard InChI is InChI=1S/C10H9BrF3N/c11-7-3-6-5-15-2-1-8(6)9(4-7)10(12,13)14/h3-4,15H,1-2,5H2. The van der Waals surface area contributed by atoms with Crippen LogP contribution in [0, 0.1) is 0 Å². The van der Waals surface area contributed by atoms with Crippen molar-refractivity contribution in [3.8, 4) is 0 Å². The molecule has 1 aromatic rings. The van der Waals surface area contributed by atoms with Crippen LogP contribution < -0.4 is 5.32 Å². The average molecular weight is 280 g/mol. The summed E-state index contributed by atoms with van der Waals surface area (Å²) in [4.78, 5) is 0. The number of halogens is 4. The molecule has 1 heterocycles. The van der Waals surface area contributed by atoms with Crippen LogP contribution in [0.2, 0.25) is 0 Å². The molecule has 0 fully saturated rings. The fraction of sp³-hybridized carbons (Fsp3) is 0.400. The minimum Gasteiger partial charge on any atom is -0.312 e. The third-order valence-electron chi connectivity index (χ3n) is 2.48. The van der Waals surface area contributed by atoms with Gasteiger partial charge in [0, 0.05) is 11.0 Å². The van der Waals surface area contributed by atoms with Gasteiger partial charge in [0.15, 0.2) is 0 Å². The van der Waals surface area contributed by atoms with Crippen LogP contribution in [-0.4, -0.2) is 6.54 Å². The van der Waals surface area contributed by atoms with Crippen molar-refractivity contribution in [1.29, 1.82) is 0 Å². The molecule has 0 aliphatic carbocycles. The molecule has 0 aromatic heterocycles. The first-order chi connectivity index (χ1) is 6.98. The molecule has 1 aliphatic heterocycles. The predicted molar refractivity (Wildman–Crippen MR) is 54.6 cm³/mol. The molecular weight excluding hydrogens is 271 g/mol. The van der Waals surface area contributed by atoms with Gasteiger partial charge < -0.3 is 5.32 Å². The van der Waals surface area contributed by atoms with E-state index in [4.69, 9.17) is 0 Å². The van der Waals surface area contributed by atoms with Crippen molar-refractivity contribution in [3.63, 3.8) is 0 Å². The van der Waals surface area contributed by atoms with E-state index >= 15 is 0 Å². The summed E-state index contributed by atoms with van der Waals surface area (Å²) in [6.45, 7) is 1.12. The van der Waals surface area contributed by atoms with Crippen molar-refractivity contribution in [2.45, 2.75) is 19.1 Å². The quantitative estimate of drug-likeness (QED) is 0.770. The van der Waals surface area contributed by atoms with E-state index in [1.165, 1.54) is 0 Å². The van der Waals surface area contributed by atoms with Crippen LogP contribution >= 0.6 is 15.9 Å². The highest BCUT2D eigenvalue weighted by Gasteiger charge is 2.35. The van der Waals surface area contributed by atoms with E-state index in [9.17, 15) is 13.2 Å². The molecule has 0 bridgehead atoms. The molecule has 82 valence electrons. The van der Waals surface area contributed by atoms with Gasteiger partial charge in [0.1, 0.15) is 0 Å². The van der Waals surface area contributed by atoms with Gasteiger partial charge in [-0.2, -0.15) is 13.2 Å². The number of hydrogen-bond acceptors (Lipinski definition) is 1. The maximum Gasteiger partial charge on any atom is 0.416 e. The summed E-state index contributed by atoms with van der Waals surface area (Å²) in [6, 6.07) is 2.90. The Bertz CT molecular complexity index is 387. The van der Waals surface area contributed by atoms with Crippen LogP contribution in [0.4, 0.5) is 13.2 Å². The molecule has 1 nitrogen and oxygen atoms in total. The van der Waals surface area contributed by atoms with Gasteiger partial charge in [0.25, 0.3) is 0 Å². The number of hydrogen-bond donors (Lipinski definition) is 1. The lowest BCUT2D eigenvalue weighted by Gasteiger charge is -2.22. The van der Waals surface area contributed by atoms with Gasteiger partial charge in [0.2, 0.25) is 0 Å². The SMILES string of the molecule is FC(F)(F)c1cc(Br)cc2c1CCNC2. The monoisotopic (exact) mass is 279 g/mol. The van der Waals surface area contributed by atoms with E-state index < -0.39 is 11.7 Å². The molecule has 2 rings (SSSR count). The Kier molecular flexibility index (Phi) is 2.77. The molecule has 0 saturated heterocycles. The lowest BCUT2D eigenvalue weighted by Crippen LogP contribution is -2.26. The third kappa shape index (κ3) is 2.18. The molecule has 1 N–H and O–H groups in total. The average Bonchev–Trinajstić information content (AvgIpc) is 2.15. The van der Waals surface area contributed by atoms with Crippen molar-refractivity contribution in [3.05, 3.63) is 33.3 Å². The van der Waals surface area contributed by atoms with Crippen molar-refractivity contribution < 1.29 is 13.2 Å². The Morgan fingerprint density at radius 2 is 2.00 bits per heavy atom. The maximum absolute atomic E-state index is 12.7. The molecule has 1 aromatic carbocycles. The summed E-state index contributed by atoms with van der Waals surface area (Å²) in [7, 11) is 0. The molecule has 0 unspecified atom stereocenters. The fourth-order valence-corrected chi connectivity index (χ4v) is 2.34. The highest BCUT2D eigenvalue weighted by Crippen LogP contribution is 2.36. The summed E-state index contributed by atoms with van der Waals surface area (Å²) in [5.74, 6) is 0. The second kappa shape index (κ2) is 3.79. The normalized spacial score (nSPS) is 16.3.